The SMILES string of the molecule is COC1CO[C@H]2[C@@H]1OC[C@@H]2O. The number of hydrogen-bond donors (Lipinski definition) is 1. The van der Waals surface area contributed by atoms with Crippen LogP contribution in [0.4, 0.5) is 0 Å². The Morgan fingerprint density at radius 2 is 2.00 bits per heavy atom. The molecule has 0 spiro atoms. The molecule has 11 heavy (non-hydrogen) atoms. The maximum Gasteiger partial charge on any atom is 0.115 e. The Morgan fingerprint density at radius 3 is 2.73 bits per heavy atom. The third-order valence-corrected chi connectivity index (χ3v) is 2.28. The van der Waals surface area contributed by atoms with E-state index >= 15 is 0 Å². The molecule has 0 aromatic carbocycles. The monoisotopic (exact) mass is 160 g/mol. The minimum absolute atomic E-state index is 0.00264. The lowest BCUT2D eigenvalue weighted by Crippen LogP contribution is -2.32. The molecule has 2 heterocycles. The van der Waals surface area contributed by atoms with Crippen LogP contribution in [-0.2, 0) is 14.2 Å². The molecule has 2 aliphatic heterocycles. The second kappa shape index (κ2) is 2.71. The summed E-state index contributed by atoms with van der Waals surface area (Å²) in [6.07, 6.45) is -0.702. The summed E-state index contributed by atoms with van der Waals surface area (Å²) in [7, 11) is 1.63. The average molecular weight is 160 g/mol. The highest BCUT2D eigenvalue weighted by Crippen LogP contribution is 2.28. The minimum Gasteiger partial charge on any atom is -0.388 e. The van der Waals surface area contributed by atoms with Crippen molar-refractivity contribution in [3.63, 3.8) is 0 Å². The lowest BCUT2D eigenvalue weighted by atomic mass is 10.1. The third-order valence-electron chi connectivity index (χ3n) is 2.28. The molecule has 4 nitrogen and oxygen atoms in total. The molecule has 4 heteroatoms. The van der Waals surface area contributed by atoms with Gasteiger partial charge >= 0.3 is 0 Å². The van der Waals surface area contributed by atoms with Crippen LogP contribution >= 0.6 is 0 Å². The summed E-state index contributed by atoms with van der Waals surface area (Å²) in [5.41, 5.74) is 0. The molecule has 0 bridgehead atoms. The summed E-state index contributed by atoms with van der Waals surface area (Å²) in [5.74, 6) is 0. The van der Waals surface area contributed by atoms with Gasteiger partial charge in [-0.1, -0.05) is 0 Å². The molecule has 0 saturated carbocycles. The van der Waals surface area contributed by atoms with Crippen LogP contribution in [0.25, 0.3) is 0 Å². The molecule has 1 N–H and O–H groups in total. The van der Waals surface area contributed by atoms with Gasteiger partial charge in [0, 0.05) is 7.11 Å². The molecule has 0 amide bonds. The van der Waals surface area contributed by atoms with E-state index in [2.05, 4.69) is 0 Å². The highest BCUT2D eigenvalue weighted by atomic mass is 16.6. The van der Waals surface area contributed by atoms with Gasteiger partial charge in [-0.15, -0.1) is 0 Å². The van der Waals surface area contributed by atoms with Crippen LogP contribution in [0.3, 0.4) is 0 Å². The zero-order chi connectivity index (χ0) is 7.84. The summed E-state index contributed by atoms with van der Waals surface area (Å²) in [5, 5.41) is 9.31. The first-order valence-electron chi connectivity index (χ1n) is 3.77. The van der Waals surface area contributed by atoms with Crippen LogP contribution in [0.5, 0.6) is 0 Å². The van der Waals surface area contributed by atoms with E-state index in [-0.39, 0.29) is 18.3 Å². The van der Waals surface area contributed by atoms with Gasteiger partial charge in [-0.25, -0.2) is 0 Å². The van der Waals surface area contributed by atoms with Gasteiger partial charge in [-0.2, -0.15) is 0 Å². The van der Waals surface area contributed by atoms with Crippen LogP contribution in [0.1, 0.15) is 0 Å². The summed E-state index contributed by atoms with van der Waals surface area (Å²) >= 11 is 0. The zero-order valence-electron chi connectivity index (χ0n) is 6.40. The summed E-state index contributed by atoms with van der Waals surface area (Å²) < 4.78 is 15.7. The maximum absolute atomic E-state index is 9.31. The second-order valence-electron chi connectivity index (χ2n) is 2.94. The summed E-state index contributed by atoms with van der Waals surface area (Å²) in [6.45, 7) is 0.901. The fourth-order valence-corrected chi connectivity index (χ4v) is 1.65. The van der Waals surface area contributed by atoms with Crippen molar-refractivity contribution in [2.45, 2.75) is 24.4 Å². The molecular weight excluding hydrogens is 148 g/mol. The Morgan fingerprint density at radius 1 is 1.27 bits per heavy atom. The molecule has 0 aromatic heterocycles. The number of aliphatic hydroxyl groups excluding tert-OH is 1. The van der Waals surface area contributed by atoms with Crippen molar-refractivity contribution in [1.82, 2.24) is 0 Å². The average Bonchev–Trinajstić information content (AvgIpc) is 2.53. The molecular formula is C7H12O4. The lowest BCUT2D eigenvalue weighted by molar-refractivity contribution is -0.0168. The molecule has 4 atom stereocenters. The fraction of sp³-hybridized carbons (Fsp3) is 1.00. The summed E-state index contributed by atoms with van der Waals surface area (Å²) in [6, 6.07) is 0. The molecule has 0 aliphatic carbocycles. The Hall–Kier alpha value is -0.160. The van der Waals surface area contributed by atoms with E-state index < -0.39 is 6.10 Å². The number of ether oxygens (including phenoxy) is 3. The van der Waals surface area contributed by atoms with Gasteiger partial charge in [0.1, 0.15) is 24.4 Å². The van der Waals surface area contributed by atoms with Crippen LogP contribution in [0.15, 0.2) is 0 Å². The summed E-state index contributed by atoms with van der Waals surface area (Å²) in [4.78, 5) is 0. The molecule has 2 saturated heterocycles. The van der Waals surface area contributed by atoms with Crippen molar-refractivity contribution in [2.75, 3.05) is 20.3 Å². The Bertz CT molecular complexity index is 149. The number of methoxy groups -OCH3 is 1. The van der Waals surface area contributed by atoms with Crippen molar-refractivity contribution in [3.05, 3.63) is 0 Å². The molecule has 2 aliphatic rings. The maximum atomic E-state index is 9.31. The highest BCUT2D eigenvalue weighted by Gasteiger charge is 2.47. The quantitative estimate of drug-likeness (QED) is 0.543. The van der Waals surface area contributed by atoms with Crippen molar-refractivity contribution in [1.29, 1.82) is 0 Å². The number of fused-ring (bicyclic) bond motifs is 1. The smallest absolute Gasteiger partial charge is 0.115 e. The van der Waals surface area contributed by atoms with Gasteiger partial charge in [-0.05, 0) is 0 Å². The van der Waals surface area contributed by atoms with Crippen molar-refractivity contribution in [3.8, 4) is 0 Å². The standard InChI is InChI=1S/C7H12O4/c1-9-5-3-11-6-4(8)2-10-7(5)6/h4-8H,2-3H2,1H3/t4-,5?,6+,7+/m0/s1. The molecule has 2 rings (SSSR count). The normalized spacial score (nSPS) is 49.6. The number of hydrogen-bond acceptors (Lipinski definition) is 4. The first kappa shape index (κ1) is 7.49. The van der Waals surface area contributed by atoms with Crippen LogP contribution < -0.4 is 0 Å². The first-order chi connectivity index (χ1) is 5.33. The largest absolute Gasteiger partial charge is 0.388 e. The van der Waals surface area contributed by atoms with Crippen LogP contribution in [-0.4, -0.2) is 49.8 Å². The van der Waals surface area contributed by atoms with E-state index in [1.54, 1.807) is 7.11 Å². The van der Waals surface area contributed by atoms with Crippen LogP contribution in [0, 0.1) is 0 Å². The van der Waals surface area contributed by atoms with Crippen LogP contribution in [0.2, 0.25) is 0 Å². The first-order valence-corrected chi connectivity index (χ1v) is 3.77. The second-order valence-corrected chi connectivity index (χ2v) is 2.94. The van der Waals surface area contributed by atoms with E-state index in [4.69, 9.17) is 14.2 Å². The van der Waals surface area contributed by atoms with E-state index in [0.717, 1.165) is 0 Å². The Balaban J connectivity index is 2.04. The minimum atomic E-state index is -0.472. The van der Waals surface area contributed by atoms with E-state index in [1.165, 1.54) is 0 Å². The van der Waals surface area contributed by atoms with Gasteiger partial charge in [0.25, 0.3) is 0 Å². The van der Waals surface area contributed by atoms with Crippen molar-refractivity contribution >= 4 is 0 Å². The van der Waals surface area contributed by atoms with Crippen molar-refractivity contribution < 1.29 is 19.3 Å². The van der Waals surface area contributed by atoms with E-state index in [1.807, 2.05) is 0 Å². The Kier molecular flexibility index (Phi) is 1.85. The topological polar surface area (TPSA) is 47.9 Å². The lowest BCUT2D eigenvalue weighted by Gasteiger charge is -2.12. The fourth-order valence-electron chi connectivity index (χ4n) is 1.65. The van der Waals surface area contributed by atoms with Crippen molar-refractivity contribution in [2.24, 2.45) is 0 Å². The van der Waals surface area contributed by atoms with E-state index in [9.17, 15) is 5.11 Å². The van der Waals surface area contributed by atoms with E-state index in [0.29, 0.717) is 13.2 Å². The molecule has 1 unspecified atom stereocenters. The van der Waals surface area contributed by atoms with Gasteiger partial charge < -0.3 is 19.3 Å². The predicted molar refractivity (Wildman–Crippen MR) is 36.3 cm³/mol. The van der Waals surface area contributed by atoms with Gasteiger partial charge in [0.05, 0.1) is 13.2 Å². The molecule has 64 valence electrons. The molecule has 0 radical (unpaired) electrons. The molecule has 2 fully saturated rings. The number of rotatable bonds is 1. The highest BCUT2D eigenvalue weighted by molar-refractivity contribution is 4.94. The number of aliphatic hydroxyl groups is 1. The third kappa shape index (κ3) is 1.06. The van der Waals surface area contributed by atoms with Gasteiger partial charge in [0.15, 0.2) is 0 Å². The molecule has 0 aromatic rings. The van der Waals surface area contributed by atoms with Gasteiger partial charge in [0.2, 0.25) is 0 Å². The zero-order valence-corrected chi connectivity index (χ0v) is 6.40. The van der Waals surface area contributed by atoms with Gasteiger partial charge in [-0.3, -0.25) is 0 Å². The Labute approximate surface area is 65.1 Å². The predicted octanol–water partition coefficient (Wildman–Crippen LogP) is -0.840.